The number of methoxy groups -OCH3 is 1. The maximum Gasteiger partial charge on any atom is 0.262 e. The Morgan fingerprint density at radius 2 is 1.69 bits per heavy atom. The zero-order valence-electron chi connectivity index (χ0n) is 28.7. The summed E-state index contributed by atoms with van der Waals surface area (Å²) in [6.07, 6.45) is 4.78. The van der Waals surface area contributed by atoms with E-state index >= 15 is 0 Å². The van der Waals surface area contributed by atoms with Crippen LogP contribution in [-0.2, 0) is 17.9 Å². The molecule has 3 N–H and O–H groups in total. The fourth-order valence-corrected chi connectivity index (χ4v) is 7.48. The van der Waals surface area contributed by atoms with Gasteiger partial charge >= 0.3 is 0 Å². The fourth-order valence-electron chi connectivity index (χ4n) is 6.82. The zero-order chi connectivity index (χ0) is 35.9. The number of pyridine rings is 2. The van der Waals surface area contributed by atoms with Crippen molar-refractivity contribution < 1.29 is 14.6 Å². The van der Waals surface area contributed by atoms with Gasteiger partial charge in [0.1, 0.15) is 5.65 Å². The van der Waals surface area contributed by atoms with Gasteiger partial charge in [0.25, 0.3) is 5.56 Å². The third-order valence-corrected chi connectivity index (χ3v) is 10.7. The molecule has 2 aliphatic rings. The Morgan fingerprint density at radius 1 is 0.980 bits per heavy atom. The highest BCUT2D eigenvalue weighted by Gasteiger charge is 2.37. The molecule has 3 aromatic heterocycles. The maximum atomic E-state index is 13.4. The van der Waals surface area contributed by atoms with Gasteiger partial charge in [0.2, 0.25) is 11.8 Å². The molecule has 264 valence electrons. The van der Waals surface area contributed by atoms with Crippen molar-refractivity contribution >= 4 is 34.8 Å². The second-order valence-electron chi connectivity index (χ2n) is 13.9. The van der Waals surface area contributed by atoms with E-state index in [0.29, 0.717) is 58.9 Å². The molecule has 2 aliphatic heterocycles. The molecule has 2 fully saturated rings. The molecule has 10 nitrogen and oxygen atoms in total. The Bertz CT molecular complexity index is 2180. The van der Waals surface area contributed by atoms with Gasteiger partial charge < -0.3 is 20.5 Å². The highest BCUT2D eigenvalue weighted by molar-refractivity contribution is 6.39. The smallest absolute Gasteiger partial charge is 0.262 e. The van der Waals surface area contributed by atoms with Gasteiger partial charge in [0.05, 0.1) is 34.0 Å². The van der Waals surface area contributed by atoms with Crippen molar-refractivity contribution in [3.8, 4) is 39.4 Å². The number of carbonyl (C=O) groups excluding carboxylic acids is 1. The molecule has 2 saturated heterocycles. The number of halogens is 2. The standard InChI is InChI=1S/C39H40Cl2N6O4/c1-39(2,50)26-21-46(22-26)20-25-18-43-33-16-23(14-15-47(33)38(25)49)28-6-4-7-29(35(28)40)30-8-5-9-31(36(30)41)32-12-10-24(37(45-32)51-3)17-42-19-27-11-13-34(48)44-27/h4-10,12,14-16,18,26-27,42,50H,11,13,17,19-22H2,1-3H3,(H,44,48)/t27-/m0/s1. The Morgan fingerprint density at radius 3 is 2.37 bits per heavy atom. The first-order valence-electron chi connectivity index (χ1n) is 17.1. The number of aliphatic hydroxyl groups is 1. The first-order valence-corrected chi connectivity index (χ1v) is 17.8. The van der Waals surface area contributed by atoms with Crippen LogP contribution < -0.4 is 20.9 Å². The van der Waals surface area contributed by atoms with E-state index < -0.39 is 5.60 Å². The van der Waals surface area contributed by atoms with Crippen LogP contribution in [0.5, 0.6) is 5.88 Å². The monoisotopic (exact) mass is 726 g/mol. The van der Waals surface area contributed by atoms with Crippen molar-refractivity contribution in [3.63, 3.8) is 0 Å². The lowest BCUT2D eigenvalue weighted by Gasteiger charge is -2.45. The number of nitrogens with zero attached hydrogens (tertiary/aromatic N) is 4. The summed E-state index contributed by atoms with van der Waals surface area (Å²) in [6.45, 7) is 6.83. The Balaban J connectivity index is 1.12. The number of amides is 1. The number of hydrogen-bond acceptors (Lipinski definition) is 8. The highest BCUT2D eigenvalue weighted by atomic mass is 35.5. The predicted molar refractivity (Wildman–Crippen MR) is 200 cm³/mol. The minimum atomic E-state index is -0.732. The van der Waals surface area contributed by atoms with Crippen LogP contribution in [0.4, 0.5) is 0 Å². The number of likely N-dealkylation sites (tertiary alicyclic amines) is 1. The van der Waals surface area contributed by atoms with E-state index in [4.69, 9.17) is 32.9 Å². The van der Waals surface area contributed by atoms with Crippen molar-refractivity contribution in [2.45, 2.75) is 51.4 Å². The Kier molecular flexibility index (Phi) is 9.88. The molecule has 5 aromatic rings. The first-order chi connectivity index (χ1) is 24.5. The van der Waals surface area contributed by atoms with Crippen LogP contribution in [0.25, 0.3) is 39.2 Å². The quantitative estimate of drug-likeness (QED) is 0.152. The summed E-state index contributed by atoms with van der Waals surface area (Å²) in [6, 6.07) is 19.3. The van der Waals surface area contributed by atoms with Gasteiger partial charge in [-0.25, -0.2) is 9.97 Å². The average molecular weight is 728 g/mol. The molecule has 2 aromatic carbocycles. The van der Waals surface area contributed by atoms with Crippen LogP contribution in [0.15, 0.2) is 77.9 Å². The lowest BCUT2D eigenvalue weighted by atomic mass is 9.84. The number of rotatable bonds is 11. The third kappa shape index (κ3) is 7.24. The minimum Gasteiger partial charge on any atom is -0.481 e. The fraction of sp³-hybridized carbons (Fsp3) is 0.333. The number of fused-ring (bicyclic) bond motifs is 1. The van der Waals surface area contributed by atoms with Crippen molar-refractivity contribution in [2.24, 2.45) is 5.92 Å². The van der Waals surface area contributed by atoms with E-state index in [1.807, 2.05) is 74.5 Å². The molecule has 5 heterocycles. The Hall–Kier alpha value is -4.32. The van der Waals surface area contributed by atoms with Crippen molar-refractivity contribution in [1.82, 2.24) is 29.9 Å². The van der Waals surface area contributed by atoms with Gasteiger partial charge in [-0.2, -0.15) is 0 Å². The lowest BCUT2D eigenvalue weighted by molar-refractivity contribution is -0.119. The van der Waals surface area contributed by atoms with Crippen LogP contribution in [0.1, 0.15) is 37.8 Å². The second kappa shape index (κ2) is 14.4. The molecule has 0 radical (unpaired) electrons. The molecular weight excluding hydrogens is 687 g/mol. The molecule has 12 heteroatoms. The molecular formula is C39H40Cl2N6O4. The molecule has 7 rings (SSSR count). The number of carbonyl (C=O) groups is 1. The molecule has 1 amide bonds. The summed E-state index contributed by atoms with van der Waals surface area (Å²) in [5.74, 6) is 0.776. The molecule has 0 saturated carbocycles. The van der Waals surface area contributed by atoms with Crippen LogP contribution >= 0.6 is 23.2 Å². The molecule has 1 atom stereocenters. The van der Waals surface area contributed by atoms with Crippen molar-refractivity contribution in [3.05, 3.63) is 105 Å². The summed E-state index contributed by atoms with van der Waals surface area (Å²) in [5, 5.41) is 17.6. The van der Waals surface area contributed by atoms with E-state index in [9.17, 15) is 14.7 Å². The van der Waals surface area contributed by atoms with E-state index in [0.717, 1.165) is 52.9 Å². The van der Waals surface area contributed by atoms with E-state index in [1.165, 1.54) is 0 Å². The number of nitrogens with one attached hydrogen (secondary N) is 2. The summed E-state index contributed by atoms with van der Waals surface area (Å²) < 4.78 is 7.20. The van der Waals surface area contributed by atoms with Gasteiger partial charge in [0.15, 0.2) is 0 Å². The number of ether oxygens (including phenoxy) is 1. The number of benzene rings is 2. The maximum absolute atomic E-state index is 13.4. The van der Waals surface area contributed by atoms with E-state index in [-0.39, 0.29) is 23.4 Å². The van der Waals surface area contributed by atoms with Crippen LogP contribution in [0.2, 0.25) is 10.0 Å². The van der Waals surface area contributed by atoms with Crippen LogP contribution in [0.3, 0.4) is 0 Å². The second-order valence-corrected chi connectivity index (χ2v) is 14.7. The number of hydrogen-bond donors (Lipinski definition) is 3. The lowest BCUT2D eigenvalue weighted by Crippen LogP contribution is -2.55. The largest absolute Gasteiger partial charge is 0.481 e. The van der Waals surface area contributed by atoms with Crippen LogP contribution in [0, 0.1) is 5.92 Å². The molecule has 0 bridgehead atoms. The normalized spacial score (nSPS) is 16.7. The van der Waals surface area contributed by atoms with Gasteiger partial charge in [0, 0.05) is 91.3 Å². The molecule has 0 aliphatic carbocycles. The van der Waals surface area contributed by atoms with Gasteiger partial charge in [-0.1, -0.05) is 65.7 Å². The Labute approximate surface area is 306 Å². The topological polar surface area (TPSA) is 121 Å². The van der Waals surface area contributed by atoms with E-state index in [2.05, 4.69) is 20.5 Å². The summed E-state index contributed by atoms with van der Waals surface area (Å²) in [7, 11) is 1.59. The molecule has 0 unspecified atom stereocenters. The zero-order valence-corrected chi connectivity index (χ0v) is 30.3. The molecule has 51 heavy (non-hydrogen) atoms. The molecule has 0 spiro atoms. The van der Waals surface area contributed by atoms with Crippen molar-refractivity contribution in [2.75, 3.05) is 26.7 Å². The van der Waals surface area contributed by atoms with Crippen LogP contribution in [-0.4, -0.2) is 68.7 Å². The van der Waals surface area contributed by atoms with Gasteiger partial charge in [-0.15, -0.1) is 0 Å². The van der Waals surface area contributed by atoms with Crippen molar-refractivity contribution in [1.29, 1.82) is 0 Å². The number of aromatic nitrogens is 3. The average Bonchev–Trinajstić information content (AvgIpc) is 3.51. The van der Waals surface area contributed by atoms with E-state index in [1.54, 1.807) is 23.9 Å². The van der Waals surface area contributed by atoms with Gasteiger partial charge in [-0.3, -0.25) is 18.9 Å². The summed E-state index contributed by atoms with van der Waals surface area (Å²) in [4.78, 5) is 36.4. The minimum absolute atomic E-state index is 0.0943. The highest BCUT2D eigenvalue weighted by Crippen LogP contribution is 2.42. The SMILES string of the molecule is COc1nc(-c2cccc(-c3cccc(-c4ccn5c(=O)c(CN6CC(C(C)(C)O)C6)cnc5c4)c3Cl)c2Cl)ccc1CNC[C@@H]1CCC(=O)N1. The summed E-state index contributed by atoms with van der Waals surface area (Å²) >= 11 is 14.2. The third-order valence-electron chi connectivity index (χ3n) is 9.93. The predicted octanol–water partition coefficient (Wildman–Crippen LogP) is 5.98. The first kappa shape index (κ1) is 35.1. The van der Waals surface area contributed by atoms with Gasteiger partial charge in [-0.05, 0) is 44.0 Å². The summed E-state index contributed by atoms with van der Waals surface area (Å²) in [5.41, 5.74) is 5.68.